The fourth-order valence-corrected chi connectivity index (χ4v) is 2.52. The molecule has 8 heteroatoms. The van der Waals surface area contributed by atoms with Crippen molar-refractivity contribution in [2.75, 3.05) is 5.32 Å². The molecule has 0 saturated carbocycles. The molecule has 0 spiro atoms. The number of hydrogen-bond donors (Lipinski definition) is 1. The van der Waals surface area contributed by atoms with Crippen LogP contribution in [-0.2, 0) is 20.6 Å². The fourth-order valence-electron chi connectivity index (χ4n) is 2.52. The number of nitrogens with zero attached hydrogens (tertiary/aromatic N) is 4. The molecule has 0 saturated heterocycles. The summed E-state index contributed by atoms with van der Waals surface area (Å²) in [6.07, 6.45) is 1.62. The van der Waals surface area contributed by atoms with Crippen molar-refractivity contribution in [1.29, 1.82) is 5.26 Å². The Labute approximate surface area is 154 Å². The molecule has 27 heavy (non-hydrogen) atoms. The first-order chi connectivity index (χ1) is 13.0. The summed E-state index contributed by atoms with van der Waals surface area (Å²) in [6, 6.07) is 14.7. The van der Waals surface area contributed by atoms with Crippen LogP contribution in [0.1, 0.15) is 11.1 Å². The Bertz CT molecular complexity index is 1110. The van der Waals surface area contributed by atoms with Gasteiger partial charge in [-0.3, -0.25) is 13.9 Å². The highest BCUT2D eigenvalue weighted by Gasteiger charge is 2.15. The molecular weight excluding hydrogens is 346 g/mol. The molecule has 0 aliphatic rings. The minimum atomic E-state index is -0.632. The zero-order valence-electron chi connectivity index (χ0n) is 14.8. The fraction of sp³-hybridized carbons (Fsp3) is 0.158. The molecule has 0 aliphatic carbocycles. The van der Waals surface area contributed by atoms with E-state index in [0.717, 1.165) is 10.1 Å². The number of benzene rings is 1. The van der Waals surface area contributed by atoms with E-state index in [1.807, 2.05) is 42.5 Å². The Morgan fingerprint density at radius 1 is 1.11 bits per heavy atom. The van der Waals surface area contributed by atoms with Gasteiger partial charge in [0.25, 0.3) is 5.56 Å². The lowest BCUT2D eigenvalue weighted by Crippen LogP contribution is -2.39. The third-order valence-corrected chi connectivity index (χ3v) is 4.00. The predicted molar refractivity (Wildman–Crippen MR) is 99.7 cm³/mol. The second-order valence-corrected chi connectivity index (χ2v) is 5.81. The smallest absolute Gasteiger partial charge is 0.332 e. The van der Waals surface area contributed by atoms with Crippen molar-refractivity contribution in [3.63, 3.8) is 0 Å². The van der Waals surface area contributed by atoms with Gasteiger partial charge in [0.2, 0.25) is 5.88 Å². The molecule has 0 unspecified atom stereocenters. The van der Waals surface area contributed by atoms with Crippen molar-refractivity contribution in [3.8, 4) is 17.7 Å². The molecule has 1 aromatic carbocycles. The highest BCUT2D eigenvalue weighted by molar-refractivity contribution is 5.51. The van der Waals surface area contributed by atoms with Gasteiger partial charge in [0.05, 0.1) is 0 Å². The van der Waals surface area contributed by atoms with Crippen molar-refractivity contribution in [2.24, 2.45) is 14.1 Å². The third kappa shape index (κ3) is 3.72. The molecule has 0 aliphatic heterocycles. The Balaban J connectivity index is 1.77. The zero-order chi connectivity index (χ0) is 19.4. The van der Waals surface area contributed by atoms with Crippen LogP contribution >= 0.6 is 0 Å². The molecule has 0 radical (unpaired) electrons. The minimum absolute atomic E-state index is 0.114. The Morgan fingerprint density at radius 3 is 2.48 bits per heavy atom. The van der Waals surface area contributed by atoms with Gasteiger partial charge in [-0.2, -0.15) is 5.26 Å². The average molecular weight is 363 g/mol. The minimum Gasteiger partial charge on any atom is -0.439 e. The van der Waals surface area contributed by atoms with Crippen molar-refractivity contribution in [2.45, 2.75) is 6.54 Å². The number of nitriles is 1. The molecule has 3 rings (SSSR count). The molecule has 0 bridgehead atoms. The first-order valence-electron chi connectivity index (χ1n) is 8.13. The Kier molecular flexibility index (Phi) is 5.04. The SMILES string of the molecule is Cn1c(NCc2ccc(Oc3ccccc3)nc2)c(C#N)c(=O)n(C)c1=O. The van der Waals surface area contributed by atoms with Crippen molar-refractivity contribution < 1.29 is 4.74 Å². The monoisotopic (exact) mass is 363 g/mol. The van der Waals surface area contributed by atoms with E-state index >= 15 is 0 Å². The lowest BCUT2D eigenvalue weighted by molar-refractivity contribution is 0.462. The number of pyridine rings is 1. The van der Waals surface area contributed by atoms with Crippen LogP contribution in [0.2, 0.25) is 0 Å². The number of nitrogens with one attached hydrogen (secondary N) is 1. The zero-order valence-corrected chi connectivity index (χ0v) is 14.8. The second kappa shape index (κ2) is 7.58. The lowest BCUT2D eigenvalue weighted by atomic mass is 10.2. The van der Waals surface area contributed by atoms with Crippen LogP contribution in [-0.4, -0.2) is 14.1 Å². The molecule has 3 aromatic rings. The van der Waals surface area contributed by atoms with Crippen molar-refractivity contribution in [1.82, 2.24) is 14.1 Å². The summed E-state index contributed by atoms with van der Waals surface area (Å²) in [7, 11) is 2.84. The summed E-state index contributed by atoms with van der Waals surface area (Å²) in [5.41, 5.74) is -0.455. The summed E-state index contributed by atoms with van der Waals surface area (Å²) >= 11 is 0. The van der Waals surface area contributed by atoms with Crippen LogP contribution < -0.4 is 21.3 Å². The molecule has 2 heterocycles. The van der Waals surface area contributed by atoms with Crippen LogP contribution in [0.15, 0.2) is 58.3 Å². The van der Waals surface area contributed by atoms with Gasteiger partial charge < -0.3 is 10.1 Å². The summed E-state index contributed by atoms with van der Waals surface area (Å²) < 4.78 is 7.77. The van der Waals surface area contributed by atoms with E-state index in [9.17, 15) is 14.9 Å². The highest BCUT2D eigenvalue weighted by Crippen LogP contribution is 2.19. The second-order valence-electron chi connectivity index (χ2n) is 5.81. The molecule has 136 valence electrons. The Morgan fingerprint density at radius 2 is 1.85 bits per heavy atom. The first kappa shape index (κ1) is 17.9. The van der Waals surface area contributed by atoms with Crippen LogP contribution in [0.25, 0.3) is 0 Å². The van der Waals surface area contributed by atoms with E-state index in [0.29, 0.717) is 11.6 Å². The van der Waals surface area contributed by atoms with Crippen LogP contribution in [0.5, 0.6) is 11.6 Å². The van der Waals surface area contributed by atoms with Gasteiger partial charge in [0.15, 0.2) is 5.56 Å². The highest BCUT2D eigenvalue weighted by atomic mass is 16.5. The molecular formula is C19H17N5O3. The van der Waals surface area contributed by atoms with Crippen LogP contribution in [0.4, 0.5) is 5.82 Å². The van der Waals surface area contributed by atoms with E-state index < -0.39 is 11.2 Å². The summed E-state index contributed by atoms with van der Waals surface area (Å²) in [5.74, 6) is 1.31. The van der Waals surface area contributed by atoms with Gasteiger partial charge >= 0.3 is 5.69 Å². The summed E-state index contributed by atoms with van der Waals surface area (Å²) in [4.78, 5) is 28.4. The molecule has 8 nitrogen and oxygen atoms in total. The topological polar surface area (TPSA) is 102 Å². The third-order valence-electron chi connectivity index (χ3n) is 4.00. The number of aromatic nitrogens is 3. The summed E-state index contributed by atoms with van der Waals surface area (Å²) in [5, 5.41) is 12.2. The average Bonchev–Trinajstić information content (AvgIpc) is 2.70. The Hall–Kier alpha value is -3.86. The largest absolute Gasteiger partial charge is 0.439 e. The van der Waals surface area contributed by atoms with Gasteiger partial charge in [-0.25, -0.2) is 9.78 Å². The van der Waals surface area contributed by atoms with Gasteiger partial charge in [-0.1, -0.05) is 24.3 Å². The van der Waals surface area contributed by atoms with Crippen molar-refractivity contribution in [3.05, 3.63) is 80.6 Å². The van der Waals surface area contributed by atoms with E-state index in [1.165, 1.54) is 18.7 Å². The van der Waals surface area contributed by atoms with E-state index in [1.54, 1.807) is 12.3 Å². The lowest BCUT2D eigenvalue weighted by Gasteiger charge is -2.13. The van der Waals surface area contributed by atoms with Crippen molar-refractivity contribution >= 4 is 5.82 Å². The summed E-state index contributed by atoms with van der Waals surface area (Å²) in [6.45, 7) is 0.285. The molecule has 1 N–H and O–H groups in total. The van der Waals surface area contributed by atoms with Gasteiger partial charge in [-0.05, 0) is 17.7 Å². The molecule has 0 amide bonds. The van der Waals surface area contributed by atoms with E-state index in [4.69, 9.17) is 4.74 Å². The van der Waals surface area contributed by atoms with Gasteiger partial charge in [-0.15, -0.1) is 0 Å². The normalized spacial score (nSPS) is 10.3. The maximum absolute atomic E-state index is 12.1. The number of hydrogen-bond acceptors (Lipinski definition) is 6. The standard InChI is InChI=1S/C19H17N5O3/c1-23-17(15(10-20)18(25)24(2)19(23)26)22-12-13-8-9-16(21-11-13)27-14-6-4-3-5-7-14/h3-9,11,22H,12H2,1-2H3. The predicted octanol–water partition coefficient (Wildman–Crippen LogP) is 1.76. The van der Waals surface area contributed by atoms with Gasteiger partial charge in [0, 0.05) is 32.9 Å². The maximum atomic E-state index is 12.1. The first-order valence-corrected chi connectivity index (χ1v) is 8.13. The van der Waals surface area contributed by atoms with E-state index in [2.05, 4.69) is 10.3 Å². The molecule has 2 aromatic heterocycles. The maximum Gasteiger partial charge on any atom is 0.332 e. The van der Waals surface area contributed by atoms with Gasteiger partial charge in [0.1, 0.15) is 17.6 Å². The molecule has 0 fully saturated rings. The van der Waals surface area contributed by atoms with Crippen LogP contribution in [0.3, 0.4) is 0 Å². The number of ether oxygens (including phenoxy) is 1. The van der Waals surface area contributed by atoms with E-state index in [-0.39, 0.29) is 17.9 Å². The quantitative estimate of drug-likeness (QED) is 0.741. The number of para-hydroxylation sites is 1. The molecule has 0 atom stereocenters. The number of rotatable bonds is 5. The number of anilines is 1. The van der Waals surface area contributed by atoms with Crippen LogP contribution in [0, 0.1) is 11.3 Å².